The van der Waals surface area contributed by atoms with Gasteiger partial charge >= 0.3 is 0 Å². The Labute approximate surface area is 98.4 Å². The summed E-state index contributed by atoms with van der Waals surface area (Å²) in [6, 6.07) is 11.1. The van der Waals surface area contributed by atoms with Crippen molar-refractivity contribution < 1.29 is 0 Å². The maximum absolute atomic E-state index is 6.15. The molecule has 1 fully saturated rings. The maximum Gasteiger partial charge on any atom is 0.0233 e. The molecule has 0 amide bonds. The molecule has 0 bridgehead atoms. The zero-order valence-corrected chi connectivity index (χ0v) is 10.3. The molecule has 1 heterocycles. The first-order chi connectivity index (χ1) is 7.66. The third kappa shape index (κ3) is 2.63. The number of nitrogens with two attached hydrogens (primary N) is 1. The second kappa shape index (κ2) is 4.98. The highest BCUT2D eigenvalue weighted by molar-refractivity contribution is 5.14. The van der Waals surface area contributed by atoms with E-state index in [0.717, 1.165) is 19.6 Å². The summed E-state index contributed by atoms with van der Waals surface area (Å²) in [5.41, 5.74) is 7.55. The molecule has 1 saturated heterocycles. The van der Waals surface area contributed by atoms with Gasteiger partial charge in [0.1, 0.15) is 0 Å². The largest absolute Gasteiger partial charge is 0.327 e. The Balaban J connectivity index is 1.97. The molecule has 2 heteroatoms. The van der Waals surface area contributed by atoms with Gasteiger partial charge in [-0.2, -0.15) is 0 Å². The Morgan fingerprint density at radius 1 is 1.12 bits per heavy atom. The zero-order chi connectivity index (χ0) is 11.5. The number of rotatable bonds is 2. The maximum atomic E-state index is 6.15. The summed E-state index contributed by atoms with van der Waals surface area (Å²) in [4.78, 5) is 2.52. The van der Waals surface area contributed by atoms with E-state index in [1.54, 1.807) is 0 Å². The molecule has 88 valence electrons. The summed E-state index contributed by atoms with van der Waals surface area (Å²) in [6.07, 6.45) is 0. The Bertz CT molecular complexity index is 311. The summed E-state index contributed by atoms with van der Waals surface area (Å²) in [5, 5.41) is 0. The number of nitrogens with zero attached hydrogens (tertiary/aromatic N) is 1. The van der Waals surface area contributed by atoms with E-state index < -0.39 is 0 Å². The molecule has 0 aliphatic carbocycles. The molecule has 1 aliphatic rings. The second-order valence-corrected chi connectivity index (χ2v) is 5.21. The Kier molecular flexibility index (Phi) is 3.62. The van der Waals surface area contributed by atoms with Gasteiger partial charge in [0.2, 0.25) is 0 Å². The van der Waals surface area contributed by atoms with Gasteiger partial charge in [-0.05, 0) is 17.4 Å². The number of likely N-dealkylation sites (tertiary alicyclic amines) is 1. The summed E-state index contributed by atoms with van der Waals surface area (Å²) in [5.74, 6) is 1.21. The van der Waals surface area contributed by atoms with Gasteiger partial charge in [0.25, 0.3) is 0 Å². The number of benzene rings is 1. The van der Waals surface area contributed by atoms with Crippen LogP contribution in [0, 0.1) is 11.8 Å². The van der Waals surface area contributed by atoms with Crippen LogP contribution in [0.25, 0.3) is 0 Å². The van der Waals surface area contributed by atoms with E-state index in [1.807, 2.05) is 0 Å². The fourth-order valence-electron chi connectivity index (χ4n) is 2.66. The average molecular weight is 218 g/mol. The van der Waals surface area contributed by atoms with Crippen molar-refractivity contribution in [2.75, 3.05) is 13.1 Å². The first kappa shape index (κ1) is 11.6. The van der Waals surface area contributed by atoms with Crippen LogP contribution in [0.5, 0.6) is 0 Å². The van der Waals surface area contributed by atoms with E-state index in [1.165, 1.54) is 5.56 Å². The van der Waals surface area contributed by atoms with Crippen LogP contribution in [0.2, 0.25) is 0 Å². The molecule has 1 aromatic carbocycles. The fraction of sp³-hybridized carbons (Fsp3) is 0.571. The van der Waals surface area contributed by atoms with Crippen LogP contribution in [0.3, 0.4) is 0 Å². The molecule has 0 aromatic heterocycles. The monoisotopic (exact) mass is 218 g/mol. The van der Waals surface area contributed by atoms with Crippen molar-refractivity contribution in [3.63, 3.8) is 0 Å². The number of piperidine rings is 1. The van der Waals surface area contributed by atoms with Gasteiger partial charge in [0, 0.05) is 25.7 Å². The molecule has 0 spiro atoms. The third-order valence-electron chi connectivity index (χ3n) is 3.66. The Hall–Kier alpha value is -0.860. The highest BCUT2D eigenvalue weighted by atomic mass is 15.1. The molecular weight excluding hydrogens is 196 g/mol. The van der Waals surface area contributed by atoms with Gasteiger partial charge in [-0.25, -0.2) is 0 Å². The van der Waals surface area contributed by atoms with Crippen molar-refractivity contribution in [1.82, 2.24) is 4.90 Å². The molecule has 0 saturated carbocycles. The van der Waals surface area contributed by atoms with E-state index in [0.29, 0.717) is 17.9 Å². The molecule has 2 N–H and O–H groups in total. The van der Waals surface area contributed by atoms with Crippen LogP contribution >= 0.6 is 0 Å². The minimum absolute atomic E-state index is 0.368. The molecule has 0 radical (unpaired) electrons. The lowest BCUT2D eigenvalue weighted by molar-refractivity contribution is 0.113. The van der Waals surface area contributed by atoms with Crippen molar-refractivity contribution in [3.05, 3.63) is 35.9 Å². The minimum Gasteiger partial charge on any atom is -0.327 e. The Morgan fingerprint density at radius 2 is 1.69 bits per heavy atom. The van der Waals surface area contributed by atoms with Gasteiger partial charge in [-0.3, -0.25) is 4.90 Å². The van der Waals surface area contributed by atoms with Gasteiger partial charge in [-0.15, -0.1) is 0 Å². The first-order valence-corrected chi connectivity index (χ1v) is 6.18. The topological polar surface area (TPSA) is 29.3 Å². The van der Waals surface area contributed by atoms with Crippen LogP contribution in [-0.4, -0.2) is 24.0 Å². The molecule has 2 rings (SSSR count). The summed E-state index contributed by atoms with van der Waals surface area (Å²) >= 11 is 0. The summed E-state index contributed by atoms with van der Waals surface area (Å²) in [6.45, 7) is 7.83. The van der Waals surface area contributed by atoms with Gasteiger partial charge < -0.3 is 5.73 Å². The molecule has 0 unspecified atom stereocenters. The summed E-state index contributed by atoms with van der Waals surface area (Å²) < 4.78 is 0. The fourth-order valence-corrected chi connectivity index (χ4v) is 2.66. The molecule has 1 aliphatic heterocycles. The molecule has 2 atom stereocenters. The van der Waals surface area contributed by atoms with E-state index in [9.17, 15) is 0 Å². The van der Waals surface area contributed by atoms with Crippen molar-refractivity contribution in [3.8, 4) is 0 Å². The Morgan fingerprint density at radius 3 is 2.25 bits per heavy atom. The molecule has 2 nitrogen and oxygen atoms in total. The highest BCUT2D eigenvalue weighted by Gasteiger charge is 2.28. The van der Waals surface area contributed by atoms with Crippen LogP contribution in [-0.2, 0) is 6.54 Å². The van der Waals surface area contributed by atoms with Gasteiger partial charge in [-0.1, -0.05) is 44.2 Å². The van der Waals surface area contributed by atoms with Crippen LogP contribution < -0.4 is 5.73 Å². The lowest BCUT2D eigenvalue weighted by atomic mass is 9.86. The molecule has 16 heavy (non-hydrogen) atoms. The van der Waals surface area contributed by atoms with Gasteiger partial charge in [0.15, 0.2) is 0 Å². The smallest absolute Gasteiger partial charge is 0.0233 e. The van der Waals surface area contributed by atoms with E-state index in [4.69, 9.17) is 5.73 Å². The van der Waals surface area contributed by atoms with E-state index in [2.05, 4.69) is 49.1 Å². The zero-order valence-electron chi connectivity index (χ0n) is 10.3. The normalized spacial score (nSPS) is 28.2. The minimum atomic E-state index is 0.368. The quantitative estimate of drug-likeness (QED) is 0.823. The number of hydrogen-bond acceptors (Lipinski definition) is 2. The van der Waals surface area contributed by atoms with Crippen LogP contribution in [0.15, 0.2) is 30.3 Å². The summed E-state index contributed by atoms with van der Waals surface area (Å²) in [7, 11) is 0. The standard InChI is InChI=1S/C14H22N2/c1-11-8-16(9-12(2)14(11)15)10-13-6-4-3-5-7-13/h3-7,11-12,14H,8-10,15H2,1-2H3/t11-,12-/m0/s1. The lowest BCUT2D eigenvalue weighted by Crippen LogP contribution is -2.50. The van der Waals surface area contributed by atoms with Crippen molar-refractivity contribution in [2.24, 2.45) is 17.6 Å². The highest BCUT2D eigenvalue weighted by Crippen LogP contribution is 2.21. The van der Waals surface area contributed by atoms with E-state index in [-0.39, 0.29) is 0 Å². The van der Waals surface area contributed by atoms with Crippen molar-refractivity contribution >= 4 is 0 Å². The predicted molar refractivity (Wildman–Crippen MR) is 68.0 cm³/mol. The van der Waals surface area contributed by atoms with Gasteiger partial charge in [0.05, 0.1) is 0 Å². The molecule has 1 aromatic rings. The molecular formula is C14H22N2. The van der Waals surface area contributed by atoms with E-state index >= 15 is 0 Å². The predicted octanol–water partition coefficient (Wildman–Crippen LogP) is 2.10. The first-order valence-electron chi connectivity index (χ1n) is 6.18. The van der Waals surface area contributed by atoms with Crippen molar-refractivity contribution in [2.45, 2.75) is 26.4 Å². The lowest BCUT2D eigenvalue weighted by Gasteiger charge is -2.39. The number of hydrogen-bond donors (Lipinski definition) is 1. The SMILES string of the molecule is C[C@H]1CN(Cc2ccccc2)C[C@H](C)C1N. The average Bonchev–Trinajstić information content (AvgIpc) is 2.27. The van der Waals surface area contributed by atoms with Crippen LogP contribution in [0.1, 0.15) is 19.4 Å². The van der Waals surface area contributed by atoms with Crippen LogP contribution in [0.4, 0.5) is 0 Å². The van der Waals surface area contributed by atoms with Crippen molar-refractivity contribution in [1.29, 1.82) is 0 Å². The third-order valence-corrected chi connectivity index (χ3v) is 3.66. The second-order valence-electron chi connectivity index (χ2n) is 5.21.